The molecule has 2 N–H and O–H groups in total. The molecule has 1 saturated heterocycles. The number of aliphatic hydroxyl groups is 1. The Morgan fingerprint density at radius 3 is 2.74 bits per heavy atom. The summed E-state index contributed by atoms with van der Waals surface area (Å²) in [5, 5.41) is 20.6. The maximum Gasteiger partial charge on any atom is 0.317 e. The van der Waals surface area contributed by atoms with Crippen molar-refractivity contribution in [3.8, 4) is 0 Å². The quantitative estimate of drug-likeness (QED) is 0.745. The Kier molecular flexibility index (Phi) is 5.91. The zero-order valence-electron chi connectivity index (χ0n) is 13.6. The summed E-state index contributed by atoms with van der Waals surface area (Å²) in [6, 6.07) is -0.239. The number of hydrogen-bond acceptors (Lipinski definition) is 5. The summed E-state index contributed by atoms with van der Waals surface area (Å²) in [7, 11) is 0. The summed E-state index contributed by atoms with van der Waals surface area (Å²) < 4.78 is 1.92. The second-order valence-electron chi connectivity index (χ2n) is 5.58. The van der Waals surface area contributed by atoms with E-state index in [4.69, 9.17) is 0 Å². The molecule has 0 spiro atoms. The van der Waals surface area contributed by atoms with E-state index in [-0.39, 0.29) is 25.0 Å². The molecule has 0 radical (unpaired) electrons. The van der Waals surface area contributed by atoms with Crippen molar-refractivity contribution in [2.24, 2.45) is 0 Å². The van der Waals surface area contributed by atoms with Crippen molar-refractivity contribution >= 4 is 11.9 Å². The van der Waals surface area contributed by atoms with Gasteiger partial charge in [-0.15, -0.1) is 10.2 Å². The van der Waals surface area contributed by atoms with Gasteiger partial charge >= 0.3 is 6.03 Å². The molecule has 0 aliphatic carbocycles. The molecular weight excluding hydrogens is 300 g/mol. The van der Waals surface area contributed by atoms with Gasteiger partial charge in [-0.05, 0) is 6.92 Å². The lowest BCUT2D eigenvalue weighted by Crippen LogP contribution is -2.44. The standard InChI is InChI=1S/C14H24N6O3/c1-3-18-10-16-17-13(18)4-5-15-14(23)20-7-6-19(11(2)21)8-12(22)9-20/h10,12,22H,3-9H2,1-2H3,(H,15,23). The van der Waals surface area contributed by atoms with E-state index in [9.17, 15) is 14.7 Å². The zero-order chi connectivity index (χ0) is 16.8. The lowest BCUT2D eigenvalue weighted by molar-refractivity contribution is -0.129. The van der Waals surface area contributed by atoms with Crippen LogP contribution in [0.5, 0.6) is 0 Å². The van der Waals surface area contributed by atoms with Crippen LogP contribution < -0.4 is 5.32 Å². The van der Waals surface area contributed by atoms with Gasteiger partial charge in [0, 0.05) is 46.1 Å². The largest absolute Gasteiger partial charge is 0.389 e. The van der Waals surface area contributed by atoms with Crippen LogP contribution in [0.4, 0.5) is 4.79 Å². The van der Waals surface area contributed by atoms with Gasteiger partial charge in [0.1, 0.15) is 12.2 Å². The Labute approximate surface area is 135 Å². The van der Waals surface area contributed by atoms with Crippen molar-refractivity contribution in [2.45, 2.75) is 32.9 Å². The van der Waals surface area contributed by atoms with Crippen LogP contribution in [0.1, 0.15) is 19.7 Å². The van der Waals surface area contributed by atoms with E-state index in [2.05, 4.69) is 15.5 Å². The number of β-amino-alcohol motifs (C(OH)–C–C–N with tert-alkyl or cyclic N) is 1. The highest BCUT2D eigenvalue weighted by Gasteiger charge is 2.25. The van der Waals surface area contributed by atoms with Gasteiger partial charge in [0.2, 0.25) is 5.91 Å². The van der Waals surface area contributed by atoms with E-state index in [0.717, 1.165) is 12.4 Å². The number of hydrogen-bond donors (Lipinski definition) is 2. The first-order valence-corrected chi connectivity index (χ1v) is 7.84. The highest BCUT2D eigenvalue weighted by Crippen LogP contribution is 2.05. The molecular formula is C14H24N6O3. The minimum atomic E-state index is -0.727. The summed E-state index contributed by atoms with van der Waals surface area (Å²) >= 11 is 0. The van der Waals surface area contributed by atoms with Crippen LogP contribution in [0.15, 0.2) is 6.33 Å². The molecule has 1 unspecified atom stereocenters. The lowest BCUT2D eigenvalue weighted by Gasteiger charge is -2.22. The van der Waals surface area contributed by atoms with Gasteiger partial charge in [-0.3, -0.25) is 4.79 Å². The van der Waals surface area contributed by atoms with E-state index in [0.29, 0.717) is 26.1 Å². The lowest BCUT2D eigenvalue weighted by atomic mass is 10.3. The third kappa shape index (κ3) is 4.65. The molecule has 9 nitrogen and oxygen atoms in total. The maximum atomic E-state index is 12.2. The highest BCUT2D eigenvalue weighted by molar-refractivity contribution is 5.75. The number of nitrogens with one attached hydrogen (secondary N) is 1. The molecule has 2 heterocycles. The number of amides is 3. The van der Waals surface area contributed by atoms with E-state index >= 15 is 0 Å². The molecule has 2 rings (SSSR count). The first-order chi connectivity index (χ1) is 11.0. The van der Waals surface area contributed by atoms with Gasteiger partial charge in [0.15, 0.2) is 0 Å². The van der Waals surface area contributed by atoms with Gasteiger partial charge in [-0.25, -0.2) is 4.79 Å². The number of aliphatic hydroxyl groups excluding tert-OH is 1. The fourth-order valence-corrected chi connectivity index (χ4v) is 2.59. The number of aryl methyl sites for hydroxylation is 1. The molecule has 1 atom stereocenters. The fraction of sp³-hybridized carbons (Fsp3) is 0.714. The average Bonchev–Trinajstić information content (AvgIpc) is 2.87. The van der Waals surface area contributed by atoms with E-state index in [1.165, 1.54) is 11.8 Å². The second-order valence-corrected chi connectivity index (χ2v) is 5.58. The highest BCUT2D eigenvalue weighted by atomic mass is 16.3. The molecule has 1 fully saturated rings. The third-order valence-electron chi connectivity index (χ3n) is 3.90. The van der Waals surface area contributed by atoms with Crippen molar-refractivity contribution < 1.29 is 14.7 Å². The normalized spacial score (nSPS) is 18.7. The van der Waals surface area contributed by atoms with E-state index < -0.39 is 6.10 Å². The van der Waals surface area contributed by atoms with Gasteiger partial charge in [-0.1, -0.05) is 0 Å². The van der Waals surface area contributed by atoms with Gasteiger partial charge in [0.25, 0.3) is 0 Å². The minimum absolute atomic E-state index is 0.0924. The summed E-state index contributed by atoms with van der Waals surface area (Å²) in [4.78, 5) is 26.7. The summed E-state index contributed by atoms with van der Waals surface area (Å²) in [6.07, 6.45) is 1.53. The van der Waals surface area contributed by atoms with Gasteiger partial charge in [0.05, 0.1) is 12.6 Å². The average molecular weight is 324 g/mol. The number of urea groups is 1. The molecule has 0 bridgehead atoms. The Balaban J connectivity index is 1.82. The predicted molar refractivity (Wildman–Crippen MR) is 82.6 cm³/mol. The molecule has 23 heavy (non-hydrogen) atoms. The van der Waals surface area contributed by atoms with Crippen LogP contribution in [0.25, 0.3) is 0 Å². The molecule has 3 amide bonds. The first kappa shape index (κ1) is 17.2. The number of aromatic nitrogens is 3. The van der Waals surface area contributed by atoms with Crippen LogP contribution in [0.3, 0.4) is 0 Å². The Morgan fingerprint density at radius 1 is 1.35 bits per heavy atom. The van der Waals surface area contributed by atoms with Crippen molar-refractivity contribution in [1.29, 1.82) is 0 Å². The SMILES string of the molecule is CCn1cnnc1CCNC(=O)N1CCN(C(C)=O)CC(O)C1. The number of carbonyl (C=O) groups is 2. The van der Waals surface area contributed by atoms with Gasteiger partial charge < -0.3 is 24.8 Å². The minimum Gasteiger partial charge on any atom is -0.389 e. The molecule has 0 saturated carbocycles. The van der Waals surface area contributed by atoms with Gasteiger partial charge in [-0.2, -0.15) is 0 Å². The molecule has 1 aliphatic heterocycles. The summed E-state index contributed by atoms with van der Waals surface area (Å²) in [5.74, 6) is 0.733. The Bertz CT molecular complexity index is 546. The smallest absolute Gasteiger partial charge is 0.317 e. The number of carbonyl (C=O) groups excluding carboxylic acids is 2. The molecule has 1 aliphatic rings. The van der Waals surface area contributed by atoms with Crippen LogP contribution >= 0.6 is 0 Å². The topological polar surface area (TPSA) is 104 Å². The van der Waals surface area contributed by atoms with Crippen LogP contribution in [0.2, 0.25) is 0 Å². The Hall–Kier alpha value is -2.16. The first-order valence-electron chi connectivity index (χ1n) is 7.84. The van der Waals surface area contributed by atoms with Crippen LogP contribution in [0, 0.1) is 0 Å². The Morgan fingerprint density at radius 2 is 2.04 bits per heavy atom. The summed E-state index contributed by atoms with van der Waals surface area (Å²) in [5.41, 5.74) is 0. The molecule has 1 aromatic rings. The predicted octanol–water partition coefficient (Wildman–Crippen LogP) is -0.925. The second kappa shape index (κ2) is 7.91. The van der Waals surface area contributed by atoms with E-state index in [1.807, 2.05) is 11.5 Å². The van der Waals surface area contributed by atoms with Crippen molar-refractivity contribution in [3.63, 3.8) is 0 Å². The fourth-order valence-electron chi connectivity index (χ4n) is 2.59. The van der Waals surface area contributed by atoms with Crippen LogP contribution in [-0.4, -0.2) is 80.4 Å². The maximum absolute atomic E-state index is 12.2. The van der Waals surface area contributed by atoms with Crippen molar-refractivity contribution in [2.75, 3.05) is 32.7 Å². The molecule has 0 aromatic carbocycles. The molecule has 1 aromatic heterocycles. The monoisotopic (exact) mass is 324 g/mol. The third-order valence-corrected chi connectivity index (χ3v) is 3.90. The zero-order valence-corrected chi connectivity index (χ0v) is 13.6. The van der Waals surface area contributed by atoms with Crippen LogP contribution in [-0.2, 0) is 17.8 Å². The molecule has 128 valence electrons. The summed E-state index contributed by atoms with van der Waals surface area (Å²) in [6.45, 7) is 6.03. The number of rotatable bonds is 4. The number of nitrogens with zero attached hydrogens (tertiary/aromatic N) is 5. The van der Waals surface area contributed by atoms with Crippen molar-refractivity contribution in [3.05, 3.63) is 12.2 Å². The van der Waals surface area contributed by atoms with Crippen molar-refractivity contribution in [1.82, 2.24) is 29.9 Å². The molecule has 9 heteroatoms. The van der Waals surface area contributed by atoms with E-state index in [1.54, 1.807) is 11.2 Å².